The largest absolute Gasteiger partial charge is 0.492 e. The number of nitrogens with two attached hydrogens (primary N) is 1. The summed E-state index contributed by atoms with van der Waals surface area (Å²) >= 11 is 0. The zero-order valence-corrected chi connectivity index (χ0v) is 15.7. The van der Waals surface area contributed by atoms with E-state index in [-0.39, 0.29) is 29.8 Å². The maximum atomic E-state index is 12.4. The molecular weight excluding hydrogens is 328 g/mol. The van der Waals surface area contributed by atoms with Crippen molar-refractivity contribution in [3.63, 3.8) is 0 Å². The number of rotatable bonds is 7. The number of halogens is 1. The Kier molecular flexibility index (Phi) is 7.08. The Morgan fingerprint density at radius 1 is 1.33 bits per heavy atom. The van der Waals surface area contributed by atoms with Gasteiger partial charge in [-0.25, -0.2) is 0 Å². The molecule has 0 saturated heterocycles. The number of nitrogens with one attached hydrogen (secondary N) is 1. The summed E-state index contributed by atoms with van der Waals surface area (Å²) in [5.41, 5.74) is 6.26. The summed E-state index contributed by atoms with van der Waals surface area (Å²) in [5.74, 6) is 0.665. The van der Waals surface area contributed by atoms with Crippen molar-refractivity contribution >= 4 is 18.3 Å². The number of hydrogen-bond donors (Lipinski definition) is 2. The van der Waals surface area contributed by atoms with E-state index >= 15 is 0 Å². The molecule has 1 aromatic rings. The molecule has 1 aliphatic rings. The molecule has 0 heterocycles. The Labute approximate surface area is 150 Å². The van der Waals surface area contributed by atoms with E-state index in [1.807, 2.05) is 52.0 Å². The molecule has 6 heteroatoms. The van der Waals surface area contributed by atoms with Crippen LogP contribution < -0.4 is 15.8 Å². The third-order valence-electron chi connectivity index (χ3n) is 4.91. The Bertz CT molecular complexity index is 548. The van der Waals surface area contributed by atoms with Crippen molar-refractivity contribution in [1.82, 2.24) is 5.32 Å². The SMILES string of the molecule is CCOC1CC(N)(C(=O)NCCOc2ccc(C)cc2)C1(C)C.Cl. The molecule has 1 aromatic carbocycles. The lowest BCUT2D eigenvalue weighted by molar-refractivity contribution is -0.170. The molecule has 1 amide bonds. The molecule has 24 heavy (non-hydrogen) atoms. The second kappa shape index (κ2) is 8.19. The highest BCUT2D eigenvalue weighted by Crippen LogP contribution is 2.49. The minimum Gasteiger partial charge on any atom is -0.492 e. The van der Waals surface area contributed by atoms with Gasteiger partial charge in [0.05, 0.1) is 12.6 Å². The standard InChI is InChI=1S/C18H28N2O3.ClH/c1-5-22-15-12-18(19,17(15,3)4)16(21)20-10-11-23-14-8-6-13(2)7-9-14;/h6-9,15H,5,10-12,19H2,1-4H3,(H,20,21);1H. The lowest BCUT2D eigenvalue weighted by Gasteiger charge is -2.57. The van der Waals surface area contributed by atoms with Crippen LogP contribution in [-0.4, -0.2) is 37.3 Å². The second-order valence-corrected chi connectivity index (χ2v) is 6.76. The third kappa shape index (κ3) is 4.02. The fourth-order valence-electron chi connectivity index (χ4n) is 2.95. The predicted octanol–water partition coefficient (Wildman–Crippen LogP) is 2.44. The van der Waals surface area contributed by atoms with Crippen LogP contribution in [0.25, 0.3) is 0 Å². The summed E-state index contributed by atoms with van der Waals surface area (Å²) in [5, 5.41) is 2.88. The van der Waals surface area contributed by atoms with Gasteiger partial charge in [0, 0.05) is 18.4 Å². The van der Waals surface area contributed by atoms with Crippen LogP contribution in [-0.2, 0) is 9.53 Å². The Balaban J connectivity index is 0.00000288. The summed E-state index contributed by atoms with van der Waals surface area (Å²) in [4.78, 5) is 12.4. The molecule has 2 rings (SSSR count). The first-order valence-electron chi connectivity index (χ1n) is 8.19. The van der Waals surface area contributed by atoms with Crippen LogP contribution in [0.4, 0.5) is 0 Å². The first-order chi connectivity index (χ1) is 10.8. The van der Waals surface area contributed by atoms with Gasteiger partial charge in [-0.15, -0.1) is 12.4 Å². The first kappa shape index (κ1) is 20.7. The summed E-state index contributed by atoms with van der Waals surface area (Å²) < 4.78 is 11.3. The lowest BCUT2D eigenvalue weighted by Crippen LogP contribution is -2.75. The van der Waals surface area contributed by atoms with Gasteiger partial charge in [0.15, 0.2) is 0 Å². The maximum Gasteiger partial charge on any atom is 0.240 e. The average Bonchev–Trinajstić information content (AvgIpc) is 2.52. The van der Waals surface area contributed by atoms with E-state index in [1.54, 1.807) is 0 Å². The van der Waals surface area contributed by atoms with Crippen molar-refractivity contribution in [2.24, 2.45) is 11.1 Å². The summed E-state index contributed by atoms with van der Waals surface area (Å²) in [6.45, 7) is 9.44. The molecular formula is C18H29ClN2O3. The van der Waals surface area contributed by atoms with Crippen molar-refractivity contribution in [2.45, 2.75) is 45.8 Å². The van der Waals surface area contributed by atoms with Crippen LogP contribution in [0.15, 0.2) is 24.3 Å². The van der Waals surface area contributed by atoms with Gasteiger partial charge in [0.25, 0.3) is 0 Å². The first-order valence-corrected chi connectivity index (χ1v) is 8.19. The van der Waals surface area contributed by atoms with E-state index in [0.717, 1.165) is 5.75 Å². The van der Waals surface area contributed by atoms with Crippen LogP contribution in [0.1, 0.15) is 32.8 Å². The summed E-state index contributed by atoms with van der Waals surface area (Å²) in [6.07, 6.45) is 0.588. The fourth-order valence-corrected chi connectivity index (χ4v) is 2.95. The van der Waals surface area contributed by atoms with Crippen molar-refractivity contribution < 1.29 is 14.3 Å². The van der Waals surface area contributed by atoms with Gasteiger partial charge in [-0.3, -0.25) is 4.79 Å². The molecule has 5 nitrogen and oxygen atoms in total. The third-order valence-corrected chi connectivity index (χ3v) is 4.91. The number of amides is 1. The molecule has 2 unspecified atom stereocenters. The van der Waals surface area contributed by atoms with Crippen molar-refractivity contribution in [3.8, 4) is 5.75 Å². The number of aryl methyl sites for hydroxylation is 1. The van der Waals surface area contributed by atoms with Gasteiger partial charge < -0.3 is 20.5 Å². The molecule has 0 bridgehead atoms. The molecule has 0 radical (unpaired) electrons. The highest BCUT2D eigenvalue weighted by Gasteiger charge is 2.62. The predicted molar refractivity (Wildman–Crippen MR) is 97.7 cm³/mol. The summed E-state index contributed by atoms with van der Waals surface area (Å²) in [6, 6.07) is 7.83. The number of carbonyl (C=O) groups excluding carboxylic acids is 1. The van der Waals surface area contributed by atoms with Gasteiger partial charge in [0.2, 0.25) is 5.91 Å². The zero-order chi connectivity index (χ0) is 17.1. The lowest BCUT2D eigenvalue weighted by atomic mass is 9.54. The molecule has 0 aliphatic heterocycles. The van der Waals surface area contributed by atoms with E-state index in [9.17, 15) is 4.79 Å². The molecule has 1 saturated carbocycles. The van der Waals surface area contributed by atoms with E-state index < -0.39 is 5.54 Å². The van der Waals surface area contributed by atoms with Crippen LogP contribution in [0.3, 0.4) is 0 Å². The highest BCUT2D eigenvalue weighted by molar-refractivity contribution is 5.88. The minimum absolute atomic E-state index is 0. The van der Waals surface area contributed by atoms with E-state index in [2.05, 4.69) is 5.32 Å². The average molecular weight is 357 g/mol. The minimum atomic E-state index is -0.878. The molecule has 136 valence electrons. The second-order valence-electron chi connectivity index (χ2n) is 6.76. The molecule has 2 atom stereocenters. The Morgan fingerprint density at radius 3 is 2.50 bits per heavy atom. The fraction of sp³-hybridized carbons (Fsp3) is 0.611. The van der Waals surface area contributed by atoms with Crippen molar-refractivity contribution in [2.75, 3.05) is 19.8 Å². The van der Waals surface area contributed by atoms with Gasteiger partial charge in [0.1, 0.15) is 17.9 Å². The maximum absolute atomic E-state index is 12.4. The van der Waals surface area contributed by atoms with E-state index in [0.29, 0.717) is 26.2 Å². The van der Waals surface area contributed by atoms with Gasteiger partial charge in [-0.2, -0.15) is 0 Å². The van der Waals surface area contributed by atoms with Crippen molar-refractivity contribution in [1.29, 1.82) is 0 Å². The smallest absolute Gasteiger partial charge is 0.240 e. The van der Waals surface area contributed by atoms with Crippen LogP contribution >= 0.6 is 12.4 Å². The van der Waals surface area contributed by atoms with Gasteiger partial charge in [-0.05, 0) is 26.0 Å². The molecule has 1 aliphatic carbocycles. The van der Waals surface area contributed by atoms with Crippen molar-refractivity contribution in [3.05, 3.63) is 29.8 Å². The van der Waals surface area contributed by atoms with Gasteiger partial charge in [-0.1, -0.05) is 31.5 Å². The van der Waals surface area contributed by atoms with Crippen LogP contribution in [0.5, 0.6) is 5.75 Å². The van der Waals surface area contributed by atoms with E-state index in [1.165, 1.54) is 5.56 Å². The molecule has 1 fully saturated rings. The number of hydrogen-bond acceptors (Lipinski definition) is 4. The molecule has 0 aromatic heterocycles. The Hall–Kier alpha value is -1.30. The van der Waals surface area contributed by atoms with Crippen LogP contribution in [0, 0.1) is 12.3 Å². The number of carbonyl (C=O) groups is 1. The Morgan fingerprint density at radius 2 is 1.96 bits per heavy atom. The normalized spacial score (nSPS) is 24.5. The molecule has 0 spiro atoms. The van der Waals surface area contributed by atoms with Crippen LogP contribution in [0.2, 0.25) is 0 Å². The van der Waals surface area contributed by atoms with E-state index in [4.69, 9.17) is 15.2 Å². The summed E-state index contributed by atoms with van der Waals surface area (Å²) in [7, 11) is 0. The zero-order valence-electron chi connectivity index (χ0n) is 14.9. The molecule has 3 N–H and O–H groups in total. The quantitative estimate of drug-likeness (QED) is 0.736. The number of ether oxygens (including phenoxy) is 2. The van der Waals surface area contributed by atoms with Gasteiger partial charge >= 0.3 is 0 Å². The highest BCUT2D eigenvalue weighted by atomic mass is 35.5. The number of benzene rings is 1. The topological polar surface area (TPSA) is 73.6 Å². The monoisotopic (exact) mass is 356 g/mol.